The molecule has 7 aromatic rings. The zero-order chi connectivity index (χ0) is 61.9. The lowest BCUT2D eigenvalue weighted by atomic mass is 9.62. The first-order valence-corrected chi connectivity index (χ1v) is 33.1. The maximum Gasteiger partial charge on any atom is 0.162 e. The van der Waals surface area contributed by atoms with Gasteiger partial charge in [0.1, 0.15) is 41.1 Å². The maximum atomic E-state index is 12.3. The van der Waals surface area contributed by atoms with E-state index in [4.69, 9.17) is 18.9 Å². The minimum atomic E-state index is -1.32. The van der Waals surface area contributed by atoms with E-state index in [-0.39, 0.29) is 74.1 Å². The molecule has 0 spiro atoms. The fourth-order valence-electron chi connectivity index (χ4n) is 15.7. The number of aryl methyl sites for hydroxylation is 3. The first kappa shape index (κ1) is 61.7. The molecule has 1 aromatic heterocycles. The summed E-state index contributed by atoms with van der Waals surface area (Å²) >= 11 is 0. The molecule has 14 nitrogen and oxygen atoms in total. The van der Waals surface area contributed by atoms with Crippen LogP contribution in [0.3, 0.4) is 0 Å². The van der Waals surface area contributed by atoms with E-state index < -0.39 is 35.6 Å². The first-order valence-electron chi connectivity index (χ1n) is 33.1. The van der Waals surface area contributed by atoms with Crippen molar-refractivity contribution in [2.24, 2.45) is 5.92 Å². The Morgan fingerprint density at radius 3 is 2.36 bits per heavy atom. The third-order valence-corrected chi connectivity index (χ3v) is 19.9. The lowest BCUT2D eigenvalue weighted by molar-refractivity contribution is -0.143. The average Bonchev–Trinajstić information content (AvgIpc) is 0.794. The summed E-state index contributed by atoms with van der Waals surface area (Å²) in [7, 11) is 0. The number of phenols is 2. The number of aromatic amines is 1. The molecule has 0 saturated heterocycles. The maximum absolute atomic E-state index is 12.3. The van der Waals surface area contributed by atoms with Crippen molar-refractivity contribution in [1.29, 1.82) is 0 Å². The van der Waals surface area contributed by atoms with Crippen molar-refractivity contribution in [3.05, 3.63) is 177 Å². The Bertz CT molecular complexity index is 3770. The van der Waals surface area contributed by atoms with Crippen molar-refractivity contribution >= 4 is 17.0 Å². The normalized spacial score (nSPS) is 23.1. The lowest BCUT2D eigenvalue weighted by Gasteiger charge is -2.50. The van der Waals surface area contributed by atoms with Crippen molar-refractivity contribution in [3.8, 4) is 51.7 Å². The highest BCUT2D eigenvalue weighted by Crippen LogP contribution is 2.62. The molecule has 90 heavy (non-hydrogen) atoms. The zero-order valence-electron chi connectivity index (χ0n) is 52.4. The number of benzene rings is 6. The van der Waals surface area contributed by atoms with Crippen molar-refractivity contribution in [2.75, 3.05) is 46.2 Å². The van der Waals surface area contributed by atoms with E-state index in [1.807, 2.05) is 49.5 Å². The topological polar surface area (TPSA) is 202 Å². The molecule has 6 aliphatic rings. The lowest BCUT2D eigenvalue weighted by Crippen LogP contribution is -2.62. The van der Waals surface area contributed by atoms with Gasteiger partial charge in [-0.05, 0) is 187 Å². The van der Waals surface area contributed by atoms with Crippen LogP contribution in [0.1, 0.15) is 146 Å². The molecule has 4 heterocycles. The van der Waals surface area contributed by atoms with Crippen LogP contribution < -0.4 is 35.5 Å². The minimum Gasteiger partial charge on any atom is -0.507 e. The average molecular weight is 1220 g/mol. The number of H-pyrrole nitrogens is 1. The number of aromatic nitrogens is 1. The predicted octanol–water partition coefficient (Wildman–Crippen LogP) is 11.1. The standard InChI is InChI=1S/C76H89N5O9/c1-47(2)39-75(3,86)44-78-45-80-67-22-12-21-56(42-82)88-66-37-53(35-52(71(66)85)24-23-49-16-8-5-9-17-49)74-76(67,87-46-81-55-19-10-11-20-55)40-63-60-38-62-68(51-25-29-64-50(34-51)31-33-79-64)54(41-77-32-13-18-48-14-6-4-7-15-48)36-61-65(84)30-28-58(69(61)62)70(60)73-59(72(63)90-74)27-26-57(43-83)89-73/h4-9,14-17,25,28-31,33-37,47,55-57,62,67-68,74,77-86H,10-11,13,18-21,23-24,26-27,32,38-46H2,1-3H3/t56-,57+,62+,67-,68+,74+,75+,76-/m0/s1. The van der Waals surface area contributed by atoms with Crippen molar-refractivity contribution in [3.63, 3.8) is 0 Å². The summed E-state index contributed by atoms with van der Waals surface area (Å²) in [5.74, 6) is 9.05. The van der Waals surface area contributed by atoms with Gasteiger partial charge in [0.2, 0.25) is 0 Å². The highest BCUT2D eigenvalue weighted by Gasteiger charge is 2.55. The molecule has 472 valence electrons. The number of fused-ring (bicyclic) bond motifs is 12. The number of hydrogen-bond donors (Lipinski definition) is 10. The van der Waals surface area contributed by atoms with Crippen LogP contribution in [0.5, 0.6) is 28.7 Å². The van der Waals surface area contributed by atoms with Crippen LogP contribution in [0, 0.1) is 17.8 Å². The molecule has 0 amide bonds. The van der Waals surface area contributed by atoms with Crippen LogP contribution >= 0.6 is 0 Å². The molecule has 3 aliphatic carbocycles. The van der Waals surface area contributed by atoms with Gasteiger partial charge in [0.25, 0.3) is 0 Å². The van der Waals surface area contributed by atoms with Crippen LogP contribution in [0.2, 0.25) is 0 Å². The van der Waals surface area contributed by atoms with Crippen LogP contribution in [0.4, 0.5) is 0 Å². The monoisotopic (exact) mass is 1220 g/mol. The predicted molar refractivity (Wildman–Crippen MR) is 353 cm³/mol. The molecule has 14 heteroatoms. The highest BCUT2D eigenvalue weighted by molar-refractivity contribution is 5.90. The molecule has 1 saturated carbocycles. The zero-order valence-corrected chi connectivity index (χ0v) is 52.4. The minimum absolute atomic E-state index is 0.00533. The Morgan fingerprint density at radius 1 is 0.789 bits per heavy atom. The van der Waals surface area contributed by atoms with Gasteiger partial charge in [0.05, 0.1) is 25.5 Å². The van der Waals surface area contributed by atoms with Gasteiger partial charge in [-0.3, -0.25) is 10.6 Å². The van der Waals surface area contributed by atoms with Gasteiger partial charge in [0.15, 0.2) is 17.6 Å². The van der Waals surface area contributed by atoms with Crippen LogP contribution in [0.25, 0.3) is 28.1 Å². The van der Waals surface area contributed by atoms with Gasteiger partial charge in [-0.25, -0.2) is 0 Å². The largest absolute Gasteiger partial charge is 0.507 e. The van der Waals surface area contributed by atoms with Gasteiger partial charge in [0, 0.05) is 78.5 Å². The third kappa shape index (κ3) is 12.8. The fraction of sp³-hybridized carbons (Fsp3) is 0.447. The first-order chi connectivity index (χ1) is 43.9. The second-order valence-corrected chi connectivity index (χ2v) is 26.9. The van der Waals surface area contributed by atoms with E-state index >= 15 is 0 Å². The van der Waals surface area contributed by atoms with Gasteiger partial charge in [-0.2, -0.15) is 0 Å². The summed E-state index contributed by atoms with van der Waals surface area (Å²) in [5, 5.41) is 74.4. The van der Waals surface area contributed by atoms with E-state index in [0.717, 1.165) is 106 Å². The smallest absolute Gasteiger partial charge is 0.162 e. The Hall–Kier alpha value is -7.16. The molecule has 0 unspecified atom stereocenters. The molecule has 13 rings (SSSR count). The van der Waals surface area contributed by atoms with E-state index in [9.17, 15) is 25.5 Å². The quantitative estimate of drug-likeness (QED) is 0.0165. The van der Waals surface area contributed by atoms with Crippen molar-refractivity contribution in [2.45, 2.75) is 164 Å². The summed E-state index contributed by atoms with van der Waals surface area (Å²) in [4.78, 5) is 3.43. The van der Waals surface area contributed by atoms with E-state index in [1.54, 1.807) is 0 Å². The van der Waals surface area contributed by atoms with E-state index in [2.05, 4.69) is 131 Å². The molecular formula is C76H89N5O9. The number of aromatic hydroxyl groups is 2. The van der Waals surface area contributed by atoms with Crippen LogP contribution in [0.15, 0.2) is 121 Å². The summed E-state index contributed by atoms with van der Waals surface area (Å²) in [5.41, 5.74) is 11.7. The van der Waals surface area contributed by atoms with Crippen molar-refractivity contribution in [1.82, 2.24) is 26.3 Å². The van der Waals surface area contributed by atoms with Crippen LogP contribution in [-0.2, 0) is 43.3 Å². The summed E-state index contributed by atoms with van der Waals surface area (Å²) < 4.78 is 29.6. The number of rotatable bonds is 23. The summed E-state index contributed by atoms with van der Waals surface area (Å²) in [6.45, 7) is 7.83. The Morgan fingerprint density at radius 2 is 1.58 bits per heavy atom. The Balaban J connectivity index is 0.998. The van der Waals surface area contributed by atoms with Gasteiger partial charge in [-0.15, -0.1) is 0 Å². The molecule has 2 bridgehead atoms. The molecule has 1 fully saturated rings. The van der Waals surface area contributed by atoms with Crippen LogP contribution in [-0.4, -0.2) is 112 Å². The van der Waals surface area contributed by atoms with Gasteiger partial charge in [-0.1, -0.05) is 111 Å². The number of phenolic OH excluding ortho intramolecular Hbond substituents is 2. The van der Waals surface area contributed by atoms with E-state index in [1.165, 1.54) is 16.7 Å². The fourth-order valence-corrected chi connectivity index (χ4v) is 15.7. The Kier molecular flexibility index (Phi) is 18.5. The summed E-state index contributed by atoms with van der Waals surface area (Å²) in [6.07, 6.45) is 12.3. The third-order valence-electron chi connectivity index (χ3n) is 19.9. The second-order valence-electron chi connectivity index (χ2n) is 26.9. The molecule has 6 aromatic carbocycles. The molecule has 8 atom stereocenters. The second kappa shape index (κ2) is 27.0. The van der Waals surface area contributed by atoms with Gasteiger partial charge < -0.3 is 60.1 Å². The number of aliphatic hydroxyl groups excluding tert-OH is 2. The highest BCUT2D eigenvalue weighted by atomic mass is 16.6. The van der Waals surface area contributed by atoms with E-state index in [0.29, 0.717) is 75.1 Å². The molecule has 0 radical (unpaired) electrons. The number of hydrogen-bond acceptors (Lipinski definition) is 13. The SMILES string of the molecule is CC(C)C[C@@](C)(O)CNCN[C@H]1C#CC[C@@H](CO)Oc2cc(cc(CCc3ccccc3)c2O)[C@H]2Oc3c(c4c(c5c3CC[C@H](CO)O5)-c3ccc(O)c5c3[C@H](C4)[C@H](c3ccc4[nH]ccc4c3)C(CNCCCc3ccccc3)=C5)C[C@]12OCNC1CCCC1. The summed E-state index contributed by atoms with van der Waals surface area (Å²) in [6, 6.07) is 37.1. The molecule has 10 N–H and O–H groups in total. The number of ether oxygens (including phenoxy) is 4. The molecule has 3 aliphatic heterocycles. The van der Waals surface area contributed by atoms with Gasteiger partial charge >= 0.3 is 0 Å². The molecular weight excluding hydrogens is 1130 g/mol. The Labute approximate surface area is 529 Å². The number of nitrogens with one attached hydrogen (secondary N) is 5. The number of aliphatic hydroxyl groups is 3. The van der Waals surface area contributed by atoms with Crippen molar-refractivity contribution < 1.29 is 44.5 Å².